The maximum atomic E-state index is 14.4. The zero-order chi connectivity index (χ0) is 22.3. The fraction of sp³-hybridized carbons (Fsp3) is 0.381. The number of fused-ring (bicyclic) bond motifs is 1. The largest absolute Gasteiger partial charge is 0.381 e. The summed E-state index contributed by atoms with van der Waals surface area (Å²) < 4.78 is 35.2. The predicted octanol–water partition coefficient (Wildman–Crippen LogP) is 2.68. The van der Waals surface area contributed by atoms with Crippen LogP contribution < -0.4 is 16.4 Å². The van der Waals surface area contributed by atoms with Crippen molar-refractivity contribution in [1.29, 1.82) is 0 Å². The first-order valence-corrected chi connectivity index (χ1v) is 10.5. The number of ether oxygens (including phenoxy) is 1. The van der Waals surface area contributed by atoms with Crippen molar-refractivity contribution in [2.75, 3.05) is 23.8 Å². The second-order valence-corrected chi connectivity index (χ2v) is 8.18. The summed E-state index contributed by atoms with van der Waals surface area (Å²) in [5.74, 6) is -0.979. The lowest BCUT2D eigenvalue weighted by Crippen LogP contribution is -2.52. The molecular formula is C21H24F2N8O. The maximum Gasteiger partial charge on any atom is 0.189 e. The van der Waals surface area contributed by atoms with E-state index in [1.807, 2.05) is 17.7 Å². The van der Waals surface area contributed by atoms with Gasteiger partial charge < -0.3 is 15.4 Å². The standard InChI is InChI=1S/C21H24F2N8O/c1-12-8-18(30-29-12)26-19-16-11-25-31(15-4-6-32-7-5-15)20(16)28-21(24,27-19)10-13-2-3-14(22)9-17(13)23/h2-3,8-9,11,15,28H,4-7,10,24H2,1H3,(H2,26,27,29,30). The molecule has 0 radical (unpaired) electrons. The van der Waals surface area contributed by atoms with E-state index in [0.717, 1.165) is 30.2 Å². The number of benzene rings is 1. The van der Waals surface area contributed by atoms with Crippen molar-refractivity contribution in [1.82, 2.24) is 20.0 Å². The number of rotatable bonds is 4. The third-order valence-electron chi connectivity index (χ3n) is 5.66. The second kappa shape index (κ2) is 7.99. The average molecular weight is 442 g/mol. The van der Waals surface area contributed by atoms with Gasteiger partial charge in [-0.15, -0.1) is 0 Å². The number of halogens is 2. The van der Waals surface area contributed by atoms with Crippen LogP contribution in [0.5, 0.6) is 0 Å². The smallest absolute Gasteiger partial charge is 0.189 e. The third kappa shape index (κ3) is 3.96. The first kappa shape index (κ1) is 20.6. The summed E-state index contributed by atoms with van der Waals surface area (Å²) in [5.41, 5.74) is 8.49. The zero-order valence-corrected chi connectivity index (χ0v) is 17.5. The fourth-order valence-corrected chi connectivity index (χ4v) is 4.10. The number of hydrogen-bond acceptors (Lipinski definition) is 7. The molecule has 0 spiro atoms. The van der Waals surface area contributed by atoms with Crippen LogP contribution in [0.4, 0.5) is 20.4 Å². The van der Waals surface area contributed by atoms with E-state index in [9.17, 15) is 8.78 Å². The Morgan fingerprint density at radius 2 is 2.09 bits per heavy atom. The molecule has 0 amide bonds. The molecular weight excluding hydrogens is 418 g/mol. The number of nitrogens with zero attached hydrogens (tertiary/aromatic N) is 4. The van der Waals surface area contributed by atoms with Gasteiger partial charge in [-0.1, -0.05) is 6.07 Å². The van der Waals surface area contributed by atoms with Crippen LogP contribution in [0, 0.1) is 18.6 Å². The van der Waals surface area contributed by atoms with Gasteiger partial charge in [-0.2, -0.15) is 10.2 Å². The molecule has 2 aromatic heterocycles. The monoisotopic (exact) mass is 442 g/mol. The van der Waals surface area contributed by atoms with Crippen molar-refractivity contribution in [2.24, 2.45) is 10.7 Å². The summed E-state index contributed by atoms with van der Waals surface area (Å²) in [6.45, 7) is 3.20. The van der Waals surface area contributed by atoms with E-state index in [4.69, 9.17) is 10.5 Å². The quantitative estimate of drug-likeness (QED) is 0.493. The summed E-state index contributed by atoms with van der Waals surface area (Å²) in [5, 5.41) is 18.1. The number of nitrogens with two attached hydrogens (primary N) is 1. The van der Waals surface area contributed by atoms with Crippen LogP contribution in [0.3, 0.4) is 0 Å². The molecule has 168 valence electrons. The lowest BCUT2D eigenvalue weighted by molar-refractivity contribution is 0.0667. The summed E-state index contributed by atoms with van der Waals surface area (Å²) >= 11 is 0. The third-order valence-corrected chi connectivity index (χ3v) is 5.66. The summed E-state index contributed by atoms with van der Waals surface area (Å²) in [6.07, 6.45) is 3.36. The number of aryl methyl sites for hydroxylation is 1. The van der Waals surface area contributed by atoms with E-state index in [1.165, 1.54) is 12.1 Å². The number of nitrogens with one attached hydrogen (secondary N) is 3. The Balaban J connectivity index is 1.53. The van der Waals surface area contributed by atoms with Crippen LogP contribution in [-0.2, 0) is 11.2 Å². The molecule has 0 saturated carbocycles. The number of anilines is 2. The molecule has 0 aliphatic carbocycles. The van der Waals surface area contributed by atoms with E-state index >= 15 is 0 Å². The van der Waals surface area contributed by atoms with E-state index < -0.39 is 17.4 Å². The van der Waals surface area contributed by atoms with Gasteiger partial charge in [0, 0.05) is 37.5 Å². The molecule has 11 heteroatoms. The lowest BCUT2D eigenvalue weighted by atomic mass is 10.0. The van der Waals surface area contributed by atoms with Crippen LogP contribution in [0.25, 0.3) is 0 Å². The number of H-pyrrole nitrogens is 1. The SMILES string of the molecule is Cc1cc(NC2=NC(N)(Cc3ccc(F)cc3F)Nc3c2cnn3C2CCOCC2)n[nH]1. The molecule has 5 N–H and O–H groups in total. The Kier molecular flexibility index (Phi) is 5.14. The Bertz CT molecular complexity index is 1170. The highest BCUT2D eigenvalue weighted by Gasteiger charge is 2.36. The second-order valence-electron chi connectivity index (χ2n) is 8.18. The first-order chi connectivity index (χ1) is 15.4. The topological polar surface area (TPSA) is 118 Å². The fourth-order valence-electron chi connectivity index (χ4n) is 4.10. The van der Waals surface area contributed by atoms with Gasteiger partial charge in [0.05, 0.1) is 17.8 Å². The van der Waals surface area contributed by atoms with Crippen LogP contribution in [0.15, 0.2) is 35.5 Å². The molecule has 4 heterocycles. The number of hydrogen-bond donors (Lipinski definition) is 4. The minimum atomic E-state index is -1.39. The zero-order valence-electron chi connectivity index (χ0n) is 17.5. The molecule has 1 saturated heterocycles. The minimum Gasteiger partial charge on any atom is -0.381 e. The molecule has 2 aliphatic heterocycles. The Labute approximate surface area is 183 Å². The molecule has 1 atom stereocenters. The molecule has 1 unspecified atom stereocenters. The van der Waals surface area contributed by atoms with Crippen molar-refractivity contribution in [2.45, 2.75) is 38.0 Å². The number of aromatic nitrogens is 4. The Hall–Kier alpha value is -3.31. The summed E-state index contributed by atoms with van der Waals surface area (Å²) in [4.78, 5) is 4.66. The van der Waals surface area contributed by atoms with E-state index in [1.54, 1.807) is 6.20 Å². The first-order valence-electron chi connectivity index (χ1n) is 10.5. The molecule has 1 fully saturated rings. The van der Waals surface area contributed by atoms with Crippen LogP contribution in [-0.4, -0.2) is 44.8 Å². The van der Waals surface area contributed by atoms with E-state index in [-0.39, 0.29) is 18.0 Å². The van der Waals surface area contributed by atoms with Crippen molar-refractivity contribution >= 4 is 17.5 Å². The summed E-state index contributed by atoms with van der Waals surface area (Å²) in [6, 6.07) is 5.40. The van der Waals surface area contributed by atoms with Crippen molar-refractivity contribution in [3.8, 4) is 0 Å². The maximum absolute atomic E-state index is 14.4. The van der Waals surface area contributed by atoms with Gasteiger partial charge in [0.25, 0.3) is 0 Å². The molecule has 9 nitrogen and oxygen atoms in total. The molecule has 2 aliphatic rings. The van der Waals surface area contributed by atoms with Crippen molar-refractivity contribution in [3.05, 3.63) is 58.9 Å². The normalized spacial score (nSPS) is 21.1. The predicted molar refractivity (Wildman–Crippen MR) is 115 cm³/mol. The van der Waals surface area contributed by atoms with Crippen molar-refractivity contribution in [3.63, 3.8) is 0 Å². The molecule has 0 bridgehead atoms. The van der Waals surface area contributed by atoms with Gasteiger partial charge >= 0.3 is 0 Å². The van der Waals surface area contributed by atoms with Gasteiger partial charge in [0.1, 0.15) is 23.3 Å². The molecule has 3 aromatic rings. The van der Waals surface area contributed by atoms with Gasteiger partial charge in [-0.3, -0.25) is 10.8 Å². The van der Waals surface area contributed by atoms with Crippen LogP contribution in [0.2, 0.25) is 0 Å². The lowest BCUT2D eigenvalue weighted by Gasteiger charge is -2.34. The average Bonchev–Trinajstić information content (AvgIpc) is 3.36. The van der Waals surface area contributed by atoms with E-state index in [0.29, 0.717) is 30.7 Å². The molecule has 5 rings (SSSR count). The highest BCUT2D eigenvalue weighted by atomic mass is 19.1. The Morgan fingerprint density at radius 3 is 2.81 bits per heavy atom. The van der Waals surface area contributed by atoms with Gasteiger partial charge in [-0.25, -0.2) is 18.5 Å². The van der Waals surface area contributed by atoms with E-state index in [2.05, 4.69) is 30.9 Å². The molecule has 32 heavy (non-hydrogen) atoms. The number of aliphatic imine (C=N–C) groups is 1. The summed E-state index contributed by atoms with van der Waals surface area (Å²) in [7, 11) is 0. The molecule has 1 aromatic carbocycles. The number of aromatic amines is 1. The van der Waals surface area contributed by atoms with Gasteiger partial charge in [0.2, 0.25) is 0 Å². The van der Waals surface area contributed by atoms with Crippen molar-refractivity contribution < 1.29 is 13.5 Å². The number of amidine groups is 1. The van der Waals surface area contributed by atoms with Gasteiger partial charge in [0.15, 0.2) is 11.6 Å². The highest BCUT2D eigenvalue weighted by Crippen LogP contribution is 2.33. The van der Waals surface area contributed by atoms with Crippen LogP contribution in [0.1, 0.15) is 35.7 Å². The van der Waals surface area contributed by atoms with Gasteiger partial charge in [-0.05, 0) is 31.4 Å². The Morgan fingerprint density at radius 1 is 1.28 bits per heavy atom. The minimum absolute atomic E-state index is 0.00227. The van der Waals surface area contributed by atoms with Crippen LogP contribution >= 0.6 is 0 Å². The highest BCUT2D eigenvalue weighted by molar-refractivity contribution is 6.12.